The molecule has 11 nitrogen and oxygen atoms in total. The first-order valence-corrected chi connectivity index (χ1v) is 28.7. The molecule has 1 fully saturated rings. The maximum absolute atomic E-state index is 13.1. The molecule has 11 heteroatoms. The number of nitrogens with one attached hydrogen (secondary N) is 1. The average Bonchev–Trinajstić information content (AvgIpc) is 3.34. The summed E-state index contributed by atoms with van der Waals surface area (Å²) in [6, 6.07) is -1.18. The lowest BCUT2D eigenvalue weighted by molar-refractivity contribution is -0.303. The van der Waals surface area contributed by atoms with Gasteiger partial charge in [0.05, 0.1) is 25.4 Å². The molecule has 0 saturated carbocycles. The minimum absolute atomic E-state index is 0.256. The van der Waals surface area contributed by atoms with Crippen molar-refractivity contribution in [2.75, 3.05) is 13.2 Å². The van der Waals surface area contributed by atoms with Gasteiger partial charge in [-0.2, -0.15) is 0 Å². The fourth-order valence-corrected chi connectivity index (χ4v) is 9.26. The van der Waals surface area contributed by atoms with E-state index in [9.17, 15) is 40.5 Å². The molecule has 0 bridgehead atoms. The van der Waals surface area contributed by atoms with E-state index in [0.29, 0.717) is 12.8 Å². The van der Waals surface area contributed by atoms with Crippen LogP contribution in [-0.2, 0) is 14.3 Å². The van der Waals surface area contributed by atoms with Crippen molar-refractivity contribution in [3.8, 4) is 0 Å². The molecule has 9 unspecified atom stereocenters. The van der Waals surface area contributed by atoms with Gasteiger partial charge in [-0.3, -0.25) is 4.79 Å². The van der Waals surface area contributed by atoms with Crippen molar-refractivity contribution in [1.29, 1.82) is 0 Å². The first-order valence-electron chi connectivity index (χ1n) is 28.7. The molecule has 1 amide bonds. The van der Waals surface area contributed by atoms with E-state index in [1.165, 1.54) is 186 Å². The Hall–Kier alpha value is -1.41. The molecule has 1 saturated heterocycles. The number of amides is 1. The highest BCUT2D eigenvalue weighted by Gasteiger charge is 2.44. The van der Waals surface area contributed by atoms with Gasteiger partial charge in [-0.05, 0) is 64.2 Å². The number of aliphatic hydroxyl groups excluding tert-OH is 7. The Morgan fingerprint density at radius 3 is 1.26 bits per heavy atom. The number of rotatable bonds is 49. The van der Waals surface area contributed by atoms with Crippen molar-refractivity contribution in [1.82, 2.24) is 5.32 Å². The predicted octanol–water partition coefficient (Wildman–Crippen LogP) is 11.7. The molecule has 68 heavy (non-hydrogen) atoms. The van der Waals surface area contributed by atoms with Gasteiger partial charge in [-0.25, -0.2) is 0 Å². The molecule has 1 aliphatic heterocycles. The first-order chi connectivity index (χ1) is 33.2. The topological polar surface area (TPSA) is 189 Å². The van der Waals surface area contributed by atoms with Gasteiger partial charge in [0, 0.05) is 0 Å². The molecule has 9 atom stereocenters. The fourth-order valence-electron chi connectivity index (χ4n) is 9.26. The molecular formula is C57H109NO10. The number of unbranched alkanes of at least 4 members (excludes halogenated alkanes) is 33. The maximum atomic E-state index is 13.1. The maximum Gasteiger partial charge on any atom is 0.249 e. The van der Waals surface area contributed by atoms with Crippen LogP contribution in [0.1, 0.15) is 264 Å². The average molecular weight is 968 g/mol. The number of hydrogen-bond donors (Lipinski definition) is 8. The van der Waals surface area contributed by atoms with Gasteiger partial charge in [0.2, 0.25) is 5.91 Å². The number of carbonyl (C=O) groups is 1. The molecule has 0 spiro atoms. The van der Waals surface area contributed by atoms with Crippen LogP contribution in [0.5, 0.6) is 0 Å². The van der Waals surface area contributed by atoms with Gasteiger partial charge in [0.15, 0.2) is 6.29 Å². The summed E-state index contributed by atoms with van der Waals surface area (Å²) in [5, 5.41) is 75.7. The van der Waals surface area contributed by atoms with Gasteiger partial charge in [0.1, 0.15) is 36.6 Å². The van der Waals surface area contributed by atoms with Crippen LogP contribution in [0.2, 0.25) is 0 Å². The van der Waals surface area contributed by atoms with Crippen LogP contribution in [0.4, 0.5) is 0 Å². The Morgan fingerprint density at radius 1 is 0.500 bits per heavy atom. The van der Waals surface area contributed by atoms with Gasteiger partial charge >= 0.3 is 0 Å². The molecule has 1 heterocycles. The number of aliphatic hydroxyl groups is 7. The number of allylic oxidation sites excluding steroid dienone is 4. The van der Waals surface area contributed by atoms with E-state index in [1.54, 1.807) is 0 Å². The van der Waals surface area contributed by atoms with Gasteiger partial charge < -0.3 is 50.5 Å². The van der Waals surface area contributed by atoms with E-state index in [1.807, 2.05) is 0 Å². The van der Waals surface area contributed by atoms with Crippen LogP contribution in [0.15, 0.2) is 24.3 Å². The monoisotopic (exact) mass is 968 g/mol. The largest absolute Gasteiger partial charge is 0.394 e. The third-order valence-corrected chi connectivity index (χ3v) is 14.0. The summed E-state index contributed by atoms with van der Waals surface area (Å²) >= 11 is 0. The van der Waals surface area contributed by atoms with Crippen molar-refractivity contribution in [2.24, 2.45) is 0 Å². The van der Waals surface area contributed by atoms with E-state index >= 15 is 0 Å². The standard InChI is InChI=1S/C57H109NO10/c1-3-5-7-9-11-13-15-16-17-18-19-20-21-22-23-24-25-26-27-28-29-30-31-32-33-34-35-37-39-41-43-45-50(61)56(66)58-48(47-67-57-55(65)54(64)53(63)51(46-59)68-57)52(62)49(60)44-42-40-38-36-14-12-10-8-6-4-2/h22-23,36,38,48-55,57,59-65H,3-21,24-35,37,39-47H2,1-2H3,(H,58,66)/b23-22-,38-36+. The van der Waals surface area contributed by atoms with Crippen molar-refractivity contribution in [3.63, 3.8) is 0 Å². The number of hydrogen-bond acceptors (Lipinski definition) is 10. The SMILES string of the molecule is CCCCCCC/C=C/CCCC(O)C(O)C(COC1OC(CO)C(O)C(O)C1O)NC(=O)C(O)CCCCCCCCCCCCCCCCC/C=C\CCCCCCCCCCCCCC. The summed E-state index contributed by atoms with van der Waals surface area (Å²) in [6.07, 6.45) is 44.2. The minimum Gasteiger partial charge on any atom is -0.394 e. The lowest BCUT2D eigenvalue weighted by Gasteiger charge is -2.40. The van der Waals surface area contributed by atoms with Gasteiger partial charge in [-0.1, -0.05) is 224 Å². The molecule has 0 aromatic heterocycles. The third kappa shape index (κ3) is 34.8. The van der Waals surface area contributed by atoms with E-state index in [4.69, 9.17) is 9.47 Å². The summed E-state index contributed by atoms with van der Waals surface area (Å²) in [7, 11) is 0. The molecule has 402 valence electrons. The van der Waals surface area contributed by atoms with Crippen LogP contribution in [0.3, 0.4) is 0 Å². The van der Waals surface area contributed by atoms with E-state index in [-0.39, 0.29) is 12.8 Å². The van der Waals surface area contributed by atoms with Gasteiger partial charge in [-0.15, -0.1) is 0 Å². The fraction of sp³-hybridized carbons (Fsp3) is 0.912. The Labute approximate surface area is 416 Å². The number of ether oxygens (including phenoxy) is 2. The zero-order valence-corrected chi connectivity index (χ0v) is 43.9. The third-order valence-electron chi connectivity index (χ3n) is 14.0. The van der Waals surface area contributed by atoms with Gasteiger partial charge in [0.25, 0.3) is 0 Å². The predicted molar refractivity (Wildman–Crippen MR) is 279 cm³/mol. The van der Waals surface area contributed by atoms with Crippen LogP contribution < -0.4 is 5.32 Å². The summed E-state index contributed by atoms with van der Waals surface area (Å²) in [4.78, 5) is 13.1. The summed E-state index contributed by atoms with van der Waals surface area (Å²) in [5.74, 6) is -0.705. The molecule has 8 N–H and O–H groups in total. The Balaban J connectivity index is 2.18. The van der Waals surface area contributed by atoms with Crippen molar-refractivity contribution < 1.29 is 50.0 Å². The second-order valence-electron chi connectivity index (χ2n) is 20.4. The Kier molecular flexibility index (Phi) is 44.3. The van der Waals surface area contributed by atoms with E-state index in [2.05, 4.69) is 43.5 Å². The Bertz CT molecular complexity index is 1160. The summed E-state index contributed by atoms with van der Waals surface area (Å²) in [6.45, 7) is 3.42. The second-order valence-corrected chi connectivity index (χ2v) is 20.4. The Morgan fingerprint density at radius 2 is 0.868 bits per heavy atom. The van der Waals surface area contributed by atoms with E-state index in [0.717, 1.165) is 38.5 Å². The normalized spacial score (nSPS) is 20.6. The smallest absolute Gasteiger partial charge is 0.249 e. The quantitative estimate of drug-likeness (QED) is 0.0215. The zero-order valence-electron chi connectivity index (χ0n) is 43.9. The highest BCUT2D eigenvalue weighted by molar-refractivity contribution is 5.80. The second kappa shape index (κ2) is 46.6. The van der Waals surface area contributed by atoms with Crippen LogP contribution in [0.25, 0.3) is 0 Å². The lowest BCUT2D eigenvalue weighted by Crippen LogP contribution is -2.60. The minimum atomic E-state index is -1.67. The first kappa shape index (κ1) is 64.6. The van der Waals surface area contributed by atoms with Crippen LogP contribution in [0, 0.1) is 0 Å². The number of carbonyl (C=O) groups excluding carboxylic acids is 1. The molecule has 0 aromatic carbocycles. The summed E-state index contributed by atoms with van der Waals surface area (Å²) in [5.41, 5.74) is 0. The molecule has 0 radical (unpaired) electrons. The zero-order chi connectivity index (χ0) is 49.7. The van der Waals surface area contributed by atoms with Crippen LogP contribution in [-0.4, -0.2) is 110 Å². The molecule has 0 aromatic rings. The summed E-state index contributed by atoms with van der Waals surface area (Å²) < 4.78 is 11.1. The van der Waals surface area contributed by atoms with Crippen LogP contribution >= 0.6 is 0 Å². The lowest BCUT2D eigenvalue weighted by atomic mass is 9.98. The molecular weight excluding hydrogens is 859 g/mol. The molecule has 0 aliphatic carbocycles. The molecule has 1 rings (SSSR count). The van der Waals surface area contributed by atoms with E-state index < -0.39 is 74.2 Å². The highest BCUT2D eigenvalue weighted by atomic mass is 16.7. The van der Waals surface area contributed by atoms with Crippen molar-refractivity contribution in [3.05, 3.63) is 24.3 Å². The molecule has 1 aliphatic rings. The van der Waals surface area contributed by atoms with Crippen molar-refractivity contribution in [2.45, 2.75) is 319 Å². The van der Waals surface area contributed by atoms with Crippen molar-refractivity contribution >= 4 is 5.91 Å². The highest BCUT2D eigenvalue weighted by Crippen LogP contribution is 2.23.